The summed E-state index contributed by atoms with van der Waals surface area (Å²) in [6, 6.07) is 6.60. The number of hydrogen-bond acceptors (Lipinski definition) is 5. The van der Waals surface area contributed by atoms with E-state index in [1.165, 1.54) is 12.8 Å². The average Bonchev–Trinajstić information content (AvgIpc) is 3.42. The number of guanidine groups is 1. The maximum Gasteiger partial charge on any atom is 0.191 e. The number of fused-ring (bicyclic) bond motifs is 1. The lowest BCUT2D eigenvalue weighted by atomic mass is 10.4. The van der Waals surface area contributed by atoms with Crippen LogP contribution in [0.2, 0.25) is 0 Å². The molecular formula is C18H29N7O. The largest absolute Gasteiger partial charge is 0.383 e. The minimum absolute atomic E-state index is 0.483. The number of aromatic nitrogens is 3. The molecule has 0 atom stereocenters. The van der Waals surface area contributed by atoms with Crippen molar-refractivity contribution >= 4 is 11.6 Å². The normalized spacial score (nSPS) is 15.0. The van der Waals surface area contributed by atoms with Crippen molar-refractivity contribution in [3.8, 4) is 0 Å². The third-order valence-corrected chi connectivity index (χ3v) is 4.44. The third-order valence-electron chi connectivity index (χ3n) is 4.44. The highest BCUT2D eigenvalue weighted by atomic mass is 16.5. The summed E-state index contributed by atoms with van der Waals surface area (Å²) in [5.41, 5.74) is 0.842. The fraction of sp³-hybridized carbons (Fsp3) is 0.611. The van der Waals surface area contributed by atoms with E-state index in [1.54, 1.807) is 7.11 Å². The maximum absolute atomic E-state index is 5.22. The predicted octanol–water partition coefficient (Wildman–Crippen LogP) is 0.895. The zero-order chi connectivity index (χ0) is 18.2. The zero-order valence-corrected chi connectivity index (χ0v) is 15.7. The summed E-state index contributed by atoms with van der Waals surface area (Å²) < 4.78 is 7.18. The van der Waals surface area contributed by atoms with Gasteiger partial charge in [0.05, 0.1) is 6.61 Å². The Labute approximate surface area is 154 Å². The first-order chi connectivity index (χ1) is 12.8. The summed E-state index contributed by atoms with van der Waals surface area (Å²) in [5, 5.41) is 15.1. The lowest BCUT2D eigenvalue weighted by Crippen LogP contribution is -2.42. The monoisotopic (exact) mass is 359 g/mol. The van der Waals surface area contributed by atoms with Crippen molar-refractivity contribution in [2.45, 2.75) is 32.4 Å². The summed E-state index contributed by atoms with van der Waals surface area (Å²) in [7, 11) is 1.76. The molecule has 0 bridgehead atoms. The Kier molecular flexibility index (Phi) is 6.79. The number of rotatable bonds is 10. The molecule has 0 spiro atoms. The average molecular weight is 359 g/mol. The third kappa shape index (κ3) is 5.15. The standard InChI is InChI=1S/C18H29N7O/c1-3-19-18(20-9-11-24(12-13-26-2)15-7-8-15)21-14-17-23-22-16-6-4-5-10-25(16)17/h4-6,10,15H,3,7-9,11-14H2,1-2H3,(H2,19,20,21). The topological polar surface area (TPSA) is 79.1 Å². The molecule has 0 aromatic carbocycles. The molecule has 2 aromatic heterocycles. The van der Waals surface area contributed by atoms with Gasteiger partial charge in [-0.05, 0) is 31.9 Å². The summed E-state index contributed by atoms with van der Waals surface area (Å²) in [6.45, 7) is 6.99. The Morgan fingerprint density at radius 2 is 2.19 bits per heavy atom. The highest BCUT2D eigenvalue weighted by Crippen LogP contribution is 2.25. The van der Waals surface area contributed by atoms with Gasteiger partial charge in [0.2, 0.25) is 0 Å². The van der Waals surface area contributed by atoms with E-state index >= 15 is 0 Å². The maximum atomic E-state index is 5.22. The Morgan fingerprint density at radius 3 is 2.96 bits per heavy atom. The molecule has 0 aliphatic heterocycles. The first-order valence-electron chi connectivity index (χ1n) is 9.35. The second kappa shape index (κ2) is 9.49. The van der Waals surface area contributed by atoms with Gasteiger partial charge in [-0.25, -0.2) is 4.99 Å². The van der Waals surface area contributed by atoms with E-state index in [1.807, 2.05) is 28.8 Å². The van der Waals surface area contributed by atoms with Crippen LogP contribution in [0.4, 0.5) is 0 Å². The van der Waals surface area contributed by atoms with E-state index in [2.05, 4.69) is 37.6 Å². The predicted molar refractivity (Wildman–Crippen MR) is 102 cm³/mol. The lowest BCUT2D eigenvalue weighted by molar-refractivity contribution is 0.144. The van der Waals surface area contributed by atoms with Crippen molar-refractivity contribution in [1.29, 1.82) is 0 Å². The van der Waals surface area contributed by atoms with Crippen molar-refractivity contribution in [1.82, 2.24) is 30.1 Å². The van der Waals surface area contributed by atoms with Crippen molar-refractivity contribution < 1.29 is 4.74 Å². The Bertz CT molecular complexity index is 710. The van der Waals surface area contributed by atoms with Crippen LogP contribution in [0.1, 0.15) is 25.6 Å². The number of nitrogens with one attached hydrogen (secondary N) is 2. The smallest absolute Gasteiger partial charge is 0.191 e. The van der Waals surface area contributed by atoms with Gasteiger partial charge in [-0.15, -0.1) is 10.2 Å². The molecule has 8 heteroatoms. The molecule has 0 saturated heterocycles. The van der Waals surface area contributed by atoms with Crippen molar-refractivity contribution in [3.63, 3.8) is 0 Å². The van der Waals surface area contributed by atoms with Gasteiger partial charge in [0.25, 0.3) is 0 Å². The van der Waals surface area contributed by atoms with Crippen LogP contribution in [-0.4, -0.2) is 71.4 Å². The van der Waals surface area contributed by atoms with Crippen LogP contribution in [0, 0.1) is 0 Å². The number of methoxy groups -OCH3 is 1. The first-order valence-corrected chi connectivity index (χ1v) is 9.35. The van der Waals surface area contributed by atoms with Gasteiger partial charge in [-0.3, -0.25) is 9.30 Å². The Morgan fingerprint density at radius 1 is 1.31 bits per heavy atom. The van der Waals surface area contributed by atoms with Crippen molar-refractivity contribution in [2.24, 2.45) is 4.99 Å². The van der Waals surface area contributed by atoms with Crippen LogP contribution < -0.4 is 10.6 Å². The van der Waals surface area contributed by atoms with Gasteiger partial charge in [-0.2, -0.15) is 0 Å². The van der Waals surface area contributed by atoms with E-state index in [0.717, 1.165) is 56.3 Å². The molecule has 2 heterocycles. The summed E-state index contributed by atoms with van der Waals surface area (Å²) in [6.07, 6.45) is 4.57. The minimum Gasteiger partial charge on any atom is -0.383 e. The fourth-order valence-electron chi connectivity index (χ4n) is 2.93. The van der Waals surface area contributed by atoms with Gasteiger partial charge in [0.1, 0.15) is 6.54 Å². The Balaban J connectivity index is 1.53. The van der Waals surface area contributed by atoms with Gasteiger partial charge < -0.3 is 15.4 Å². The molecule has 142 valence electrons. The molecule has 26 heavy (non-hydrogen) atoms. The highest BCUT2D eigenvalue weighted by Gasteiger charge is 2.28. The van der Waals surface area contributed by atoms with Crippen LogP contribution in [0.15, 0.2) is 29.4 Å². The molecule has 1 saturated carbocycles. The number of pyridine rings is 1. The molecule has 8 nitrogen and oxygen atoms in total. The molecule has 1 fully saturated rings. The Hall–Kier alpha value is -2.19. The second-order valence-electron chi connectivity index (χ2n) is 6.43. The molecular weight excluding hydrogens is 330 g/mol. The first kappa shape index (κ1) is 18.6. The van der Waals surface area contributed by atoms with Gasteiger partial charge in [0, 0.05) is 45.5 Å². The van der Waals surface area contributed by atoms with Crippen LogP contribution in [0.25, 0.3) is 5.65 Å². The fourth-order valence-corrected chi connectivity index (χ4v) is 2.93. The van der Waals surface area contributed by atoms with Crippen LogP contribution >= 0.6 is 0 Å². The van der Waals surface area contributed by atoms with E-state index in [9.17, 15) is 0 Å². The molecule has 2 aromatic rings. The second-order valence-corrected chi connectivity index (χ2v) is 6.43. The van der Waals surface area contributed by atoms with Crippen LogP contribution in [0.5, 0.6) is 0 Å². The van der Waals surface area contributed by atoms with E-state index in [0.29, 0.717) is 6.54 Å². The number of nitrogens with zero attached hydrogens (tertiary/aromatic N) is 5. The van der Waals surface area contributed by atoms with Gasteiger partial charge in [-0.1, -0.05) is 6.07 Å². The molecule has 0 radical (unpaired) electrons. The van der Waals surface area contributed by atoms with E-state index in [4.69, 9.17) is 4.74 Å². The van der Waals surface area contributed by atoms with Crippen LogP contribution in [-0.2, 0) is 11.3 Å². The molecule has 1 aliphatic rings. The summed E-state index contributed by atoms with van der Waals surface area (Å²) in [4.78, 5) is 7.15. The molecule has 0 unspecified atom stereocenters. The molecule has 1 aliphatic carbocycles. The number of hydrogen-bond donors (Lipinski definition) is 2. The minimum atomic E-state index is 0.483. The molecule has 3 rings (SSSR count). The quantitative estimate of drug-likeness (QED) is 0.485. The van der Waals surface area contributed by atoms with Crippen LogP contribution in [0.3, 0.4) is 0 Å². The highest BCUT2D eigenvalue weighted by molar-refractivity contribution is 5.79. The zero-order valence-electron chi connectivity index (χ0n) is 15.7. The number of ether oxygens (including phenoxy) is 1. The summed E-state index contributed by atoms with van der Waals surface area (Å²) in [5.74, 6) is 1.64. The molecule has 2 N–H and O–H groups in total. The van der Waals surface area contributed by atoms with Crippen molar-refractivity contribution in [3.05, 3.63) is 30.2 Å². The van der Waals surface area contributed by atoms with E-state index in [-0.39, 0.29) is 0 Å². The van der Waals surface area contributed by atoms with Gasteiger partial charge in [0.15, 0.2) is 17.4 Å². The van der Waals surface area contributed by atoms with Crippen molar-refractivity contribution in [2.75, 3.05) is 39.9 Å². The number of aliphatic imine (C=N–C) groups is 1. The molecule has 0 amide bonds. The SMILES string of the molecule is CCNC(=NCc1nnc2ccccn12)NCCN(CCOC)C1CC1. The van der Waals surface area contributed by atoms with Gasteiger partial charge >= 0.3 is 0 Å². The lowest BCUT2D eigenvalue weighted by Gasteiger charge is -2.22. The van der Waals surface area contributed by atoms with E-state index < -0.39 is 0 Å². The summed E-state index contributed by atoms with van der Waals surface area (Å²) >= 11 is 0.